The van der Waals surface area contributed by atoms with Crippen molar-refractivity contribution in [2.24, 2.45) is 17.1 Å². The Balaban J connectivity index is 0.00000300. The molecule has 29 heavy (non-hydrogen) atoms. The number of hydrogen-bond acceptors (Lipinski definition) is 4. The highest BCUT2D eigenvalue weighted by Crippen LogP contribution is 2.31. The molecule has 0 radical (unpaired) electrons. The van der Waals surface area contributed by atoms with Gasteiger partial charge in [0, 0.05) is 26.2 Å². The number of piperidine rings is 1. The van der Waals surface area contributed by atoms with E-state index in [9.17, 15) is 18.4 Å². The summed E-state index contributed by atoms with van der Waals surface area (Å²) >= 11 is 0. The number of nitrogens with two attached hydrogens (primary N) is 1. The Hall–Kier alpha value is -1.93. The van der Waals surface area contributed by atoms with Gasteiger partial charge in [0.2, 0.25) is 5.91 Å². The van der Waals surface area contributed by atoms with Crippen LogP contribution in [0.1, 0.15) is 36.5 Å². The van der Waals surface area contributed by atoms with Crippen molar-refractivity contribution in [2.45, 2.75) is 32.8 Å². The zero-order chi connectivity index (χ0) is 20.3. The lowest BCUT2D eigenvalue weighted by molar-refractivity contribution is -0.136. The zero-order valence-electron chi connectivity index (χ0n) is 16.5. The average Bonchev–Trinajstić information content (AvgIpc) is 3.10. The highest BCUT2D eigenvalue weighted by Gasteiger charge is 2.39. The SMILES string of the molecule is CC1(CN)CCN(C(=O)C2CCCN(C(=O)c3ccccc3OC(F)F)C2)C1.Cl. The number of carbonyl (C=O) groups excluding carboxylic acids is 2. The minimum atomic E-state index is -3.00. The first-order chi connectivity index (χ1) is 13.3. The van der Waals surface area contributed by atoms with Gasteiger partial charge in [0.25, 0.3) is 5.91 Å². The van der Waals surface area contributed by atoms with Crippen LogP contribution in [0.25, 0.3) is 0 Å². The van der Waals surface area contributed by atoms with E-state index in [2.05, 4.69) is 11.7 Å². The van der Waals surface area contributed by atoms with Crippen LogP contribution < -0.4 is 10.5 Å². The van der Waals surface area contributed by atoms with Crippen LogP contribution in [0.15, 0.2) is 24.3 Å². The van der Waals surface area contributed by atoms with Crippen molar-refractivity contribution >= 4 is 24.2 Å². The summed E-state index contributed by atoms with van der Waals surface area (Å²) in [6, 6.07) is 5.97. The van der Waals surface area contributed by atoms with Crippen molar-refractivity contribution < 1.29 is 23.1 Å². The first-order valence-corrected chi connectivity index (χ1v) is 9.65. The van der Waals surface area contributed by atoms with Gasteiger partial charge in [-0.2, -0.15) is 8.78 Å². The fraction of sp³-hybridized carbons (Fsp3) is 0.600. The molecule has 2 saturated heterocycles. The molecule has 2 N–H and O–H groups in total. The second-order valence-electron chi connectivity index (χ2n) is 7.99. The number of benzene rings is 1. The van der Waals surface area contributed by atoms with E-state index >= 15 is 0 Å². The molecular weight excluding hydrogens is 404 g/mol. The van der Waals surface area contributed by atoms with Crippen LogP contribution in [-0.4, -0.2) is 60.9 Å². The summed E-state index contributed by atoms with van der Waals surface area (Å²) in [4.78, 5) is 29.3. The van der Waals surface area contributed by atoms with Crippen molar-refractivity contribution in [1.29, 1.82) is 0 Å². The molecule has 2 fully saturated rings. The maximum Gasteiger partial charge on any atom is 0.387 e. The zero-order valence-corrected chi connectivity index (χ0v) is 17.3. The molecule has 2 heterocycles. The van der Waals surface area contributed by atoms with Gasteiger partial charge >= 0.3 is 6.61 Å². The summed E-state index contributed by atoms with van der Waals surface area (Å²) in [6.07, 6.45) is 2.29. The van der Waals surface area contributed by atoms with E-state index in [1.54, 1.807) is 17.0 Å². The van der Waals surface area contributed by atoms with Gasteiger partial charge in [-0.1, -0.05) is 19.1 Å². The Morgan fingerprint density at radius 3 is 2.66 bits per heavy atom. The molecule has 2 atom stereocenters. The summed E-state index contributed by atoms with van der Waals surface area (Å²) in [5, 5.41) is 0. The van der Waals surface area contributed by atoms with Gasteiger partial charge in [-0.15, -0.1) is 12.4 Å². The molecule has 2 unspecified atom stereocenters. The van der Waals surface area contributed by atoms with E-state index in [0.717, 1.165) is 6.42 Å². The molecule has 1 aromatic rings. The van der Waals surface area contributed by atoms with Crippen LogP contribution in [0.2, 0.25) is 0 Å². The minimum Gasteiger partial charge on any atom is -0.434 e. The highest BCUT2D eigenvalue weighted by molar-refractivity contribution is 5.97. The van der Waals surface area contributed by atoms with Crippen molar-refractivity contribution in [2.75, 3.05) is 32.7 Å². The predicted octanol–water partition coefficient (Wildman–Crippen LogP) is 2.76. The van der Waals surface area contributed by atoms with Crippen LogP contribution in [0.4, 0.5) is 8.78 Å². The Labute approximate surface area is 175 Å². The highest BCUT2D eigenvalue weighted by atomic mass is 35.5. The van der Waals surface area contributed by atoms with Gasteiger partial charge in [-0.3, -0.25) is 9.59 Å². The maximum atomic E-state index is 12.9. The topological polar surface area (TPSA) is 75.9 Å². The molecule has 9 heteroatoms. The Bertz CT molecular complexity index is 737. The molecule has 3 rings (SSSR count). The number of hydrogen-bond donors (Lipinski definition) is 1. The van der Waals surface area contributed by atoms with Crippen molar-refractivity contribution in [3.8, 4) is 5.75 Å². The predicted molar refractivity (Wildman–Crippen MR) is 107 cm³/mol. The molecule has 2 amide bonds. The lowest BCUT2D eigenvalue weighted by atomic mass is 9.90. The number of halogens is 3. The minimum absolute atomic E-state index is 0. The fourth-order valence-corrected chi connectivity index (χ4v) is 4.01. The number of rotatable bonds is 5. The first kappa shape index (κ1) is 23.3. The molecular formula is C20H28ClF2N3O3. The molecule has 0 bridgehead atoms. The molecule has 2 aliphatic rings. The first-order valence-electron chi connectivity index (χ1n) is 9.65. The van der Waals surface area contributed by atoms with Gasteiger partial charge in [0.1, 0.15) is 5.75 Å². The maximum absolute atomic E-state index is 12.9. The number of ether oxygens (including phenoxy) is 1. The largest absolute Gasteiger partial charge is 0.434 e. The fourth-order valence-electron chi connectivity index (χ4n) is 4.01. The van der Waals surface area contributed by atoms with E-state index in [-0.39, 0.29) is 53.4 Å². The lowest BCUT2D eigenvalue weighted by Crippen LogP contribution is -2.47. The Morgan fingerprint density at radius 1 is 1.28 bits per heavy atom. The van der Waals surface area contributed by atoms with Crippen molar-refractivity contribution in [3.63, 3.8) is 0 Å². The summed E-state index contributed by atoms with van der Waals surface area (Å²) in [5.41, 5.74) is 5.87. The number of nitrogens with zero attached hydrogens (tertiary/aromatic N) is 2. The summed E-state index contributed by atoms with van der Waals surface area (Å²) in [7, 11) is 0. The van der Waals surface area contributed by atoms with E-state index < -0.39 is 6.61 Å². The standard InChI is InChI=1S/C20H27F2N3O3.ClH/c1-20(12-23)8-10-25(13-20)17(26)14-5-4-9-24(11-14)18(27)15-6-2-3-7-16(15)28-19(21)22;/h2-3,6-7,14,19H,4-5,8-13,23H2,1H3;1H. The smallest absolute Gasteiger partial charge is 0.387 e. The van der Waals surface area contributed by atoms with Crippen LogP contribution in [0, 0.1) is 11.3 Å². The average molecular weight is 432 g/mol. The Morgan fingerprint density at radius 2 is 2.00 bits per heavy atom. The quantitative estimate of drug-likeness (QED) is 0.777. The molecule has 0 aromatic heterocycles. The third-order valence-corrected chi connectivity index (χ3v) is 5.75. The summed E-state index contributed by atoms with van der Waals surface area (Å²) in [6.45, 7) is 1.71. The number of likely N-dealkylation sites (tertiary alicyclic amines) is 2. The van der Waals surface area contributed by atoms with Gasteiger partial charge in [0.15, 0.2) is 0 Å². The Kier molecular flexibility index (Phi) is 7.82. The summed E-state index contributed by atoms with van der Waals surface area (Å²) < 4.78 is 29.7. The van der Waals surface area contributed by atoms with E-state index in [0.29, 0.717) is 39.0 Å². The third kappa shape index (κ3) is 5.36. The van der Waals surface area contributed by atoms with Crippen molar-refractivity contribution in [1.82, 2.24) is 9.80 Å². The number of para-hydroxylation sites is 1. The number of alkyl halides is 2. The van der Waals surface area contributed by atoms with Crippen LogP contribution in [0.5, 0.6) is 5.75 Å². The van der Waals surface area contributed by atoms with Crippen LogP contribution in [-0.2, 0) is 4.79 Å². The van der Waals surface area contributed by atoms with Crippen LogP contribution in [0.3, 0.4) is 0 Å². The van der Waals surface area contributed by atoms with Crippen molar-refractivity contribution in [3.05, 3.63) is 29.8 Å². The van der Waals surface area contributed by atoms with Gasteiger partial charge < -0.3 is 20.3 Å². The monoisotopic (exact) mass is 431 g/mol. The lowest BCUT2D eigenvalue weighted by Gasteiger charge is -2.34. The van der Waals surface area contributed by atoms with E-state index in [1.807, 2.05) is 4.90 Å². The number of amides is 2. The molecule has 0 spiro atoms. The van der Waals surface area contributed by atoms with E-state index in [4.69, 9.17) is 5.73 Å². The second kappa shape index (κ2) is 9.71. The van der Waals surface area contributed by atoms with E-state index in [1.165, 1.54) is 12.1 Å². The molecule has 2 aliphatic heterocycles. The molecule has 162 valence electrons. The number of carbonyl (C=O) groups is 2. The van der Waals surface area contributed by atoms with Crippen LogP contribution >= 0.6 is 12.4 Å². The molecule has 0 aliphatic carbocycles. The summed E-state index contributed by atoms with van der Waals surface area (Å²) in [5.74, 6) is -0.760. The normalized spacial score (nSPS) is 24.4. The molecule has 0 saturated carbocycles. The second-order valence-corrected chi connectivity index (χ2v) is 7.99. The molecule has 1 aromatic carbocycles. The van der Waals surface area contributed by atoms with Gasteiger partial charge in [-0.25, -0.2) is 0 Å². The van der Waals surface area contributed by atoms with Gasteiger partial charge in [-0.05, 0) is 43.4 Å². The molecule has 6 nitrogen and oxygen atoms in total. The third-order valence-electron chi connectivity index (χ3n) is 5.75. The van der Waals surface area contributed by atoms with Gasteiger partial charge in [0.05, 0.1) is 11.5 Å².